The number of unbranched alkanes of at least 4 members (excludes halogenated alkanes) is 26. The molecule has 0 aromatic carbocycles. The van der Waals surface area contributed by atoms with Gasteiger partial charge in [0.1, 0.15) is 0 Å². The van der Waals surface area contributed by atoms with Gasteiger partial charge in [0.15, 0.2) is 0 Å². The fourth-order valence-corrected chi connectivity index (χ4v) is 9.34. The zero-order valence-corrected chi connectivity index (χ0v) is 44.8. The minimum atomic E-state index is -0.910. The molecule has 8 atom stereocenters. The summed E-state index contributed by atoms with van der Waals surface area (Å²) >= 11 is 0. The van der Waals surface area contributed by atoms with Gasteiger partial charge in [0.25, 0.3) is 0 Å². The summed E-state index contributed by atoms with van der Waals surface area (Å²) in [5, 5.41) is 18.1. The average Bonchev–Trinajstić information content (AvgIpc) is 3.51. The highest BCUT2D eigenvalue weighted by molar-refractivity contribution is 5.96. The predicted molar refractivity (Wildman–Crippen MR) is 276 cm³/mol. The number of carboxylic acids is 2. The Kier molecular flexibility index (Phi) is 44.8. The maximum atomic E-state index is 11.6. The Bertz CT molecular complexity index is 1190. The molecule has 9 nitrogen and oxygen atoms in total. The summed E-state index contributed by atoms with van der Waals surface area (Å²) in [6.07, 6.45) is 44.5. The van der Waals surface area contributed by atoms with E-state index >= 15 is 0 Å². The fraction of sp³-hybridized carbons (Fsp3) is 0.912. The lowest BCUT2D eigenvalue weighted by atomic mass is 9.84. The molecule has 4 N–H and O–H groups in total. The molecular formula is C57H109NO8. The van der Waals surface area contributed by atoms with Crippen molar-refractivity contribution in [3.8, 4) is 0 Å². The summed E-state index contributed by atoms with van der Waals surface area (Å²) < 4.78 is 4.72. The zero-order chi connectivity index (χ0) is 50.0. The first kappa shape index (κ1) is 65.6. The lowest BCUT2D eigenvalue weighted by Crippen LogP contribution is -2.33. The molecule has 1 saturated heterocycles. The van der Waals surface area contributed by atoms with Crippen molar-refractivity contribution in [3.05, 3.63) is 0 Å². The molecule has 0 radical (unpaired) electrons. The molecule has 0 aromatic heterocycles. The SMILES string of the molecule is CCCCCCCCCC(C)CC(C(=O)O)C(C)C(N)=O.CCCCCCCCCCCCCC(C)CC(C)C(=O)O.CCCCCCCCCCCCCC(C)CC1C(=O)OC(=O)C1C. The zero-order valence-electron chi connectivity index (χ0n) is 44.8. The summed E-state index contributed by atoms with van der Waals surface area (Å²) in [4.78, 5) is 56.3. The number of hydrogen-bond donors (Lipinski definition) is 3. The Morgan fingerprint density at radius 3 is 1.09 bits per heavy atom. The first-order valence-corrected chi connectivity index (χ1v) is 28.0. The van der Waals surface area contributed by atoms with E-state index in [0.29, 0.717) is 24.2 Å². The van der Waals surface area contributed by atoms with Crippen molar-refractivity contribution in [1.82, 2.24) is 0 Å². The third-order valence-corrected chi connectivity index (χ3v) is 14.2. The van der Waals surface area contributed by atoms with Crippen molar-refractivity contribution in [2.75, 3.05) is 0 Å². The van der Waals surface area contributed by atoms with Crippen molar-refractivity contribution < 1.29 is 38.9 Å². The first-order valence-electron chi connectivity index (χ1n) is 28.0. The van der Waals surface area contributed by atoms with Crippen LogP contribution in [0, 0.1) is 47.3 Å². The van der Waals surface area contributed by atoms with Crippen LogP contribution in [0.25, 0.3) is 0 Å². The molecule has 1 aliphatic heterocycles. The van der Waals surface area contributed by atoms with Gasteiger partial charge in [-0.05, 0) is 37.0 Å². The number of esters is 2. The molecule has 1 fully saturated rings. The summed E-state index contributed by atoms with van der Waals surface area (Å²) in [5.41, 5.74) is 5.23. The fourth-order valence-electron chi connectivity index (χ4n) is 9.34. The van der Waals surface area contributed by atoms with Crippen molar-refractivity contribution >= 4 is 29.8 Å². The van der Waals surface area contributed by atoms with E-state index in [1.54, 1.807) is 6.92 Å². The second kappa shape index (κ2) is 45.0. The molecule has 0 spiro atoms. The van der Waals surface area contributed by atoms with E-state index in [1.165, 1.54) is 186 Å². The Balaban J connectivity index is 0. The number of carbonyl (C=O) groups excluding carboxylic acids is 3. The number of aliphatic carboxylic acids is 2. The number of nitrogens with two attached hydrogens (primary N) is 1. The van der Waals surface area contributed by atoms with Gasteiger partial charge >= 0.3 is 23.9 Å². The summed E-state index contributed by atoms with van der Waals surface area (Å²) in [5.74, 6) is -3.26. The van der Waals surface area contributed by atoms with E-state index in [2.05, 4.69) is 41.5 Å². The van der Waals surface area contributed by atoms with Crippen LogP contribution in [-0.4, -0.2) is 40.0 Å². The Labute approximate surface area is 407 Å². The second-order valence-corrected chi connectivity index (χ2v) is 21.1. The van der Waals surface area contributed by atoms with Crippen molar-refractivity contribution in [1.29, 1.82) is 0 Å². The van der Waals surface area contributed by atoms with Gasteiger partial charge in [-0.2, -0.15) is 0 Å². The Hall–Kier alpha value is -2.45. The van der Waals surface area contributed by atoms with Crippen LogP contribution < -0.4 is 5.73 Å². The van der Waals surface area contributed by atoms with Crippen LogP contribution in [0.4, 0.5) is 0 Å². The lowest BCUT2D eigenvalue weighted by molar-refractivity contribution is -0.154. The third-order valence-electron chi connectivity index (χ3n) is 14.2. The van der Waals surface area contributed by atoms with E-state index in [9.17, 15) is 29.1 Å². The van der Waals surface area contributed by atoms with E-state index in [0.717, 1.165) is 32.1 Å². The number of amides is 1. The quantitative estimate of drug-likeness (QED) is 0.0310. The molecule has 1 aliphatic rings. The van der Waals surface area contributed by atoms with Gasteiger partial charge in [0.2, 0.25) is 5.91 Å². The summed E-state index contributed by atoms with van der Waals surface area (Å²) in [7, 11) is 0. The van der Waals surface area contributed by atoms with Crippen LogP contribution in [0.2, 0.25) is 0 Å². The molecule has 66 heavy (non-hydrogen) atoms. The number of primary amides is 1. The topological polar surface area (TPSA) is 161 Å². The molecule has 1 heterocycles. The average molecular weight is 936 g/mol. The highest BCUT2D eigenvalue weighted by atomic mass is 16.6. The molecule has 9 heteroatoms. The molecule has 390 valence electrons. The monoisotopic (exact) mass is 936 g/mol. The van der Waals surface area contributed by atoms with Crippen molar-refractivity contribution in [2.45, 2.75) is 287 Å². The van der Waals surface area contributed by atoms with Crippen molar-refractivity contribution in [3.63, 3.8) is 0 Å². The van der Waals surface area contributed by atoms with E-state index < -0.39 is 29.7 Å². The van der Waals surface area contributed by atoms with Gasteiger partial charge in [-0.3, -0.25) is 24.0 Å². The Morgan fingerprint density at radius 2 is 0.803 bits per heavy atom. The normalized spacial score (nSPS) is 17.3. The van der Waals surface area contributed by atoms with Crippen LogP contribution >= 0.6 is 0 Å². The van der Waals surface area contributed by atoms with Gasteiger partial charge in [-0.1, -0.05) is 268 Å². The maximum Gasteiger partial charge on any atom is 0.317 e. The van der Waals surface area contributed by atoms with Gasteiger partial charge in [-0.25, -0.2) is 0 Å². The van der Waals surface area contributed by atoms with Gasteiger partial charge in [-0.15, -0.1) is 0 Å². The van der Waals surface area contributed by atoms with Gasteiger partial charge in [0.05, 0.1) is 23.7 Å². The van der Waals surface area contributed by atoms with Crippen LogP contribution in [0.1, 0.15) is 287 Å². The van der Waals surface area contributed by atoms with Gasteiger partial charge in [0, 0.05) is 5.92 Å². The highest BCUT2D eigenvalue weighted by Crippen LogP contribution is 2.31. The standard InChI is InChI=1S/C21H38O3.C19H38O2.C17H33NO3/c1-4-5-6-7-8-9-10-11-12-13-14-15-17(2)16-19-18(3)20(22)24-21(19)23;1-4-5-6-7-8-9-10-11-12-13-14-15-17(2)16-18(3)19(20)21;1-4-5-6-7-8-9-10-11-13(2)12-15(17(20)21)14(3)16(18)19/h17-19H,4-16H2,1-3H3;17-18H,4-16H2,1-3H3,(H,20,21);13-15H,4-12H2,1-3H3,(H2,18,19)(H,20,21). The Morgan fingerprint density at radius 1 is 0.485 bits per heavy atom. The molecule has 0 aliphatic carbocycles. The minimum Gasteiger partial charge on any atom is -0.481 e. The minimum absolute atomic E-state index is 0.187. The van der Waals surface area contributed by atoms with Crippen molar-refractivity contribution in [2.24, 2.45) is 53.1 Å². The molecule has 8 unspecified atom stereocenters. The number of carbonyl (C=O) groups is 5. The molecule has 0 aromatic rings. The maximum absolute atomic E-state index is 11.6. The van der Waals surface area contributed by atoms with E-state index in [1.807, 2.05) is 13.8 Å². The second-order valence-electron chi connectivity index (χ2n) is 21.1. The van der Waals surface area contributed by atoms with Crippen LogP contribution in [0.15, 0.2) is 0 Å². The van der Waals surface area contributed by atoms with Crippen LogP contribution in [-0.2, 0) is 28.7 Å². The predicted octanol–water partition coefficient (Wildman–Crippen LogP) is 16.5. The smallest absolute Gasteiger partial charge is 0.317 e. The number of hydrogen-bond acceptors (Lipinski definition) is 6. The number of carboxylic acid groups (broad SMARTS) is 2. The molecule has 1 rings (SSSR count). The third kappa shape index (κ3) is 38.5. The first-order chi connectivity index (χ1) is 31.5. The summed E-state index contributed by atoms with van der Waals surface area (Å²) in [6.45, 7) is 18.4. The number of cyclic esters (lactones) is 2. The van der Waals surface area contributed by atoms with Gasteiger partial charge < -0.3 is 20.7 Å². The van der Waals surface area contributed by atoms with E-state index in [-0.39, 0.29) is 29.7 Å². The lowest BCUT2D eigenvalue weighted by Gasteiger charge is -2.21. The number of rotatable bonds is 42. The van der Waals surface area contributed by atoms with E-state index in [4.69, 9.17) is 15.6 Å². The molecule has 1 amide bonds. The largest absolute Gasteiger partial charge is 0.481 e. The molecular weight excluding hydrogens is 827 g/mol. The van der Waals surface area contributed by atoms with Crippen LogP contribution in [0.3, 0.4) is 0 Å². The highest BCUT2D eigenvalue weighted by Gasteiger charge is 2.41. The number of ether oxygens (including phenoxy) is 1. The molecule has 0 saturated carbocycles. The molecule has 0 bridgehead atoms. The van der Waals surface area contributed by atoms with Crippen LogP contribution in [0.5, 0.6) is 0 Å². The summed E-state index contributed by atoms with van der Waals surface area (Å²) in [6, 6.07) is 0.